The van der Waals surface area contributed by atoms with Crippen LogP contribution in [0.15, 0.2) is 164 Å². The van der Waals surface area contributed by atoms with Crippen LogP contribution in [0, 0.1) is 0 Å². The largest absolute Gasteiger partial charge is 0.236 e. The zero-order chi connectivity index (χ0) is 30.0. The van der Waals surface area contributed by atoms with Crippen molar-refractivity contribution in [3.63, 3.8) is 0 Å². The minimum Gasteiger partial charge on any atom is -0.236 e. The number of benzene rings is 6. The number of hydrogen-bond donors (Lipinski definition) is 0. The van der Waals surface area contributed by atoms with Gasteiger partial charge in [0.2, 0.25) is 0 Å². The van der Waals surface area contributed by atoms with E-state index >= 15 is 0 Å². The number of rotatable bonds is 6. The van der Waals surface area contributed by atoms with Crippen LogP contribution in [0.25, 0.3) is 76.9 Å². The molecule has 0 spiro atoms. The molecule has 2 aromatic heterocycles. The second-order valence-corrected chi connectivity index (χ2v) is 11.9. The van der Waals surface area contributed by atoms with Gasteiger partial charge in [0.15, 0.2) is 5.82 Å². The number of fused-ring (bicyclic) bond motifs is 1. The van der Waals surface area contributed by atoms with E-state index < -0.39 is 0 Å². The van der Waals surface area contributed by atoms with Crippen LogP contribution in [-0.4, -0.2) is 15.0 Å². The third-order valence-electron chi connectivity index (χ3n) is 7.97. The molecular weight excluding hydrogens is 567 g/mol. The molecule has 0 atom stereocenters. The molecule has 0 fully saturated rings. The first-order valence-corrected chi connectivity index (χ1v) is 15.8. The highest BCUT2D eigenvalue weighted by molar-refractivity contribution is 7.21. The van der Waals surface area contributed by atoms with E-state index in [9.17, 15) is 0 Å². The molecule has 0 bridgehead atoms. The maximum Gasteiger partial charge on any atom is 0.160 e. The molecule has 3 nitrogen and oxygen atoms in total. The van der Waals surface area contributed by atoms with Gasteiger partial charge in [0.05, 0.1) is 21.6 Å². The van der Waals surface area contributed by atoms with Gasteiger partial charge >= 0.3 is 0 Å². The monoisotopic (exact) mass is 593 g/mol. The molecule has 0 N–H and O–H groups in total. The van der Waals surface area contributed by atoms with Gasteiger partial charge in [-0.1, -0.05) is 146 Å². The van der Waals surface area contributed by atoms with Crippen molar-refractivity contribution in [2.24, 2.45) is 0 Å². The quantitative estimate of drug-likeness (QED) is 0.192. The van der Waals surface area contributed by atoms with Crippen molar-refractivity contribution >= 4 is 21.6 Å². The van der Waals surface area contributed by atoms with Gasteiger partial charge in [0.25, 0.3) is 0 Å². The predicted octanol–water partition coefficient (Wildman–Crippen LogP) is 11.1. The molecule has 2 heterocycles. The summed E-state index contributed by atoms with van der Waals surface area (Å²) < 4.78 is 1.18. The van der Waals surface area contributed by atoms with Gasteiger partial charge in [-0.2, -0.15) is 0 Å². The number of thiazole rings is 1. The van der Waals surface area contributed by atoms with Crippen LogP contribution in [-0.2, 0) is 0 Å². The number of aromatic nitrogens is 3. The average molecular weight is 594 g/mol. The smallest absolute Gasteiger partial charge is 0.160 e. The average Bonchev–Trinajstić information content (AvgIpc) is 3.57. The fraction of sp³-hybridized carbons (Fsp3) is 0. The van der Waals surface area contributed by atoms with E-state index in [-0.39, 0.29) is 0 Å². The zero-order valence-corrected chi connectivity index (χ0v) is 25.2. The van der Waals surface area contributed by atoms with E-state index in [1.165, 1.54) is 15.8 Å². The molecule has 212 valence electrons. The Kier molecular flexibility index (Phi) is 7.02. The molecule has 0 saturated carbocycles. The summed E-state index contributed by atoms with van der Waals surface area (Å²) in [4.78, 5) is 15.0. The van der Waals surface area contributed by atoms with Gasteiger partial charge in [-0.25, -0.2) is 15.0 Å². The molecule has 0 aliphatic rings. The van der Waals surface area contributed by atoms with Gasteiger partial charge in [-0.3, -0.25) is 0 Å². The molecule has 45 heavy (non-hydrogen) atoms. The Morgan fingerprint density at radius 2 is 0.778 bits per heavy atom. The highest BCUT2D eigenvalue weighted by Gasteiger charge is 2.12. The van der Waals surface area contributed by atoms with E-state index in [1.807, 2.05) is 30.3 Å². The van der Waals surface area contributed by atoms with Crippen LogP contribution in [0.2, 0.25) is 0 Å². The van der Waals surface area contributed by atoms with E-state index in [2.05, 4.69) is 133 Å². The highest BCUT2D eigenvalue weighted by atomic mass is 32.1. The molecular formula is C41H27N3S. The molecule has 0 aliphatic heterocycles. The molecule has 4 heteroatoms. The van der Waals surface area contributed by atoms with Crippen molar-refractivity contribution in [2.45, 2.75) is 0 Å². The van der Waals surface area contributed by atoms with E-state index in [0.29, 0.717) is 5.82 Å². The molecule has 8 aromatic rings. The van der Waals surface area contributed by atoms with Gasteiger partial charge < -0.3 is 0 Å². The fourth-order valence-electron chi connectivity index (χ4n) is 5.57. The molecule has 0 amide bonds. The first-order valence-electron chi connectivity index (χ1n) is 14.9. The number of hydrogen-bond acceptors (Lipinski definition) is 4. The van der Waals surface area contributed by atoms with Crippen LogP contribution in [0.5, 0.6) is 0 Å². The van der Waals surface area contributed by atoms with Crippen LogP contribution in [0.3, 0.4) is 0 Å². The van der Waals surface area contributed by atoms with Crippen molar-refractivity contribution in [1.29, 1.82) is 0 Å². The molecule has 8 rings (SSSR count). The van der Waals surface area contributed by atoms with Crippen LogP contribution >= 0.6 is 11.3 Å². The normalized spacial score (nSPS) is 11.1. The van der Waals surface area contributed by atoms with Gasteiger partial charge in [-0.05, 0) is 40.5 Å². The first kappa shape index (κ1) is 26.9. The maximum atomic E-state index is 5.06. The van der Waals surface area contributed by atoms with Crippen molar-refractivity contribution < 1.29 is 0 Å². The minimum absolute atomic E-state index is 0.701. The van der Waals surface area contributed by atoms with Crippen molar-refractivity contribution in [3.05, 3.63) is 164 Å². The summed E-state index contributed by atoms with van der Waals surface area (Å²) in [5, 5.41) is 1.04. The van der Waals surface area contributed by atoms with E-state index in [0.717, 1.165) is 55.3 Å². The summed E-state index contributed by atoms with van der Waals surface area (Å²) in [6.45, 7) is 0. The third kappa shape index (κ3) is 5.55. The topological polar surface area (TPSA) is 38.7 Å². The lowest BCUT2D eigenvalue weighted by Crippen LogP contribution is -1.96. The fourth-order valence-corrected chi connectivity index (χ4v) is 6.52. The summed E-state index contributed by atoms with van der Waals surface area (Å²) in [5.74, 6) is 0.701. The van der Waals surface area contributed by atoms with E-state index in [4.69, 9.17) is 15.0 Å². The molecule has 0 aliphatic carbocycles. The van der Waals surface area contributed by atoms with Crippen LogP contribution in [0.4, 0.5) is 0 Å². The lowest BCUT2D eigenvalue weighted by molar-refractivity contribution is 1.18. The molecule has 0 saturated heterocycles. The Balaban J connectivity index is 1.14. The lowest BCUT2D eigenvalue weighted by Gasteiger charge is -2.11. The predicted molar refractivity (Wildman–Crippen MR) is 188 cm³/mol. The Labute approximate surface area is 266 Å². The van der Waals surface area contributed by atoms with Crippen molar-refractivity contribution in [3.8, 4) is 66.7 Å². The van der Waals surface area contributed by atoms with E-state index in [1.54, 1.807) is 11.3 Å². The Hall–Kier alpha value is -5.71. The Bertz CT molecular complexity index is 2220. The Morgan fingerprint density at radius 3 is 1.40 bits per heavy atom. The highest BCUT2D eigenvalue weighted by Crippen LogP contribution is 2.34. The van der Waals surface area contributed by atoms with Crippen molar-refractivity contribution in [1.82, 2.24) is 15.0 Å². The first-order chi connectivity index (χ1) is 22.3. The third-order valence-corrected chi connectivity index (χ3v) is 9.05. The second kappa shape index (κ2) is 11.8. The standard InChI is InChI=1S/C41H27N3S/c1-4-10-28(11-5-1)29-16-20-32(21-17-29)37-27-36(31-12-6-2-7-13-31)42-40(43-37)33-22-18-30(19-23-33)35-24-25-39-38(26-35)44-41(45-39)34-14-8-3-9-15-34/h1-27H. The lowest BCUT2D eigenvalue weighted by atomic mass is 10.0. The second-order valence-electron chi connectivity index (χ2n) is 10.9. The molecule has 0 unspecified atom stereocenters. The summed E-state index contributed by atoms with van der Waals surface area (Å²) in [6.07, 6.45) is 0. The molecule has 6 aromatic carbocycles. The number of nitrogens with zero attached hydrogens (tertiary/aromatic N) is 3. The van der Waals surface area contributed by atoms with Crippen LogP contribution < -0.4 is 0 Å². The van der Waals surface area contributed by atoms with Crippen molar-refractivity contribution in [2.75, 3.05) is 0 Å². The summed E-state index contributed by atoms with van der Waals surface area (Å²) in [7, 11) is 0. The maximum absolute atomic E-state index is 5.06. The summed E-state index contributed by atoms with van der Waals surface area (Å²) >= 11 is 1.72. The molecule has 0 radical (unpaired) electrons. The van der Waals surface area contributed by atoms with Gasteiger partial charge in [0.1, 0.15) is 5.01 Å². The Morgan fingerprint density at radius 1 is 0.333 bits per heavy atom. The summed E-state index contributed by atoms with van der Waals surface area (Å²) in [6, 6.07) is 56.8. The SMILES string of the molecule is c1ccc(-c2ccc(-c3cc(-c4ccccc4)nc(-c4ccc(-c5ccc6sc(-c7ccccc7)nc6c5)cc4)n3)cc2)cc1. The minimum atomic E-state index is 0.701. The van der Waals surface area contributed by atoms with Crippen LogP contribution in [0.1, 0.15) is 0 Å². The van der Waals surface area contributed by atoms with Gasteiger partial charge in [0, 0.05) is 22.3 Å². The van der Waals surface area contributed by atoms with Gasteiger partial charge in [-0.15, -0.1) is 11.3 Å². The zero-order valence-electron chi connectivity index (χ0n) is 24.3. The summed E-state index contributed by atoms with van der Waals surface area (Å²) in [5.41, 5.74) is 11.7.